The lowest BCUT2D eigenvalue weighted by Crippen LogP contribution is -2.34. The summed E-state index contributed by atoms with van der Waals surface area (Å²) in [5, 5.41) is 13.8. The number of fused-ring (bicyclic) bond motifs is 1. The minimum absolute atomic E-state index is 0.326. The zero-order valence-electron chi connectivity index (χ0n) is 11.8. The Morgan fingerprint density at radius 2 is 2.18 bits per heavy atom. The van der Waals surface area contributed by atoms with Crippen molar-refractivity contribution in [1.29, 1.82) is 5.26 Å². The molecule has 1 aliphatic heterocycles. The summed E-state index contributed by atoms with van der Waals surface area (Å²) in [7, 11) is -3.20. The molecule has 2 aromatic rings. The van der Waals surface area contributed by atoms with Crippen LogP contribution in [0.5, 0.6) is 0 Å². The van der Waals surface area contributed by atoms with Gasteiger partial charge in [0.1, 0.15) is 6.07 Å². The zero-order valence-corrected chi connectivity index (χ0v) is 14.2. The van der Waals surface area contributed by atoms with Crippen molar-refractivity contribution >= 4 is 26.0 Å². The first-order chi connectivity index (χ1) is 10.4. The highest BCUT2D eigenvalue weighted by molar-refractivity contribution is 9.10. The Morgan fingerprint density at radius 3 is 2.86 bits per heavy atom. The molecular formula is C14H13BrN4O2S. The molecule has 2 heterocycles. The second-order valence-corrected chi connectivity index (χ2v) is 8.06. The highest BCUT2D eigenvalue weighted by Crippen LogP contribution is 2.24. The lowest BCUT2D eigenvalue weighted by molar-refractivity contribution is 0.393. The van der Waals surface area contributed by atoms with E-state index in [1.807, 2.05) is 12.1 Å². The molecule has 0 spiro atoms. The van der Waals surface area contributed by atoms with Gasteiger partial charge in [0.25, 0.3) is 0 Å². The van der Waals surface area contributed by atoms with E-state index in [0.29, 0.717) is 30.8 Å². The Labute approximate surface area is 137 Å². The number of aromatic nitrogens is 2. The fourth-order valence-electron chi connectivity index (χ4n) is 2.49. The maximum Gasteiger partial charge on any atom is 0.211 e. The molecule has 0 amide bonds. The molecule has 0 unspecified atom stereocenters. The highest BCUT2D eigenvalue weighted by atomic mass is 79.9. The SMILES string of the molecule is CS(=O)(=O)N1CCc2nn(-c3ccc(Br)cc3C#N)cc2C1. The number of benzene rings is 1. The molecule has 0 fully saturated rings. The van der Waals surface area contributed by atoms with E-state index in [9.17, 15) is 13.7 Å². The van der Waals surface area contributed by atoms with E-state index in [4.69, 9.17) is 0 Å². The van der Waals surface area contributed by atoms with Gasteiger partial charge in [0.05, 0.1) is 23.2 Å². The normalized spacial score (nSPS) is 15.3. The summed E-state index contributed by atoms with van der Waals surface area (Å²) in [5.41, 5.74) is 2.95. The van der Waals surface area contributed by atoms with Gasteiger partial charge in [-0.15, -0.1) is 0 Å². The summed E-state index contributed by atoms with van der Waals surface area (Å²) >= 11 is 3.34. The van der Waals surface area contributed by atoms with Crippen LogP contribution in [0.2, 0.25) is 0 Å². The van der Waals surface area contributed by atoms with Gasteiger partial charge in [0.15, 0.2) is 0 Å². The molecule has 8 heteroatoms. The lowest BCUT2D eigenvalue weighted by Gasteiger charge is -2.23. The van der Waals surface area contributed by atoms with Crippen molar-refractivity contribution in [3.8, 4) is 11.8 Å². The zero-order chi connectivity index (χ0) is 15.9. The number of sulfonamides is 1. The van der Waals surface area contributed by atoms with Gasteiger partial charge in [-0.3, -0.25) is 0 Å². The van der Waals surface area contributed by atoms with Crippen molar-refractivity contribution in [2.75, 3.05) is 12.8 Å². The van der Waals surface area contributed by atoms with Crippen molar-refractivity contribution < 1.29 is 8.42 Å². The maximum atomic E-state index is 11.7. The van der Waals surface area contributed by atoms with E-state index < -0.39 is 10.0 Å². The molecule has 114 valence electrons. The second-order valence-electron chi connectivity index (χ2n) is 5.17. The van der Waals surface area contributed by atoms with Gasteiger partial charge >= 0.3 is 0 Å². The van der Waals surface area contributed by atoms with Crippen molar-refractivity contribution in [1.82, 2.24) is 14.1 Å². The Bertz CT molecular complexity index is 883. The summed E-state index contributed by atoms with van der Waals surface area (Å²) in [6.07, 6.45) is 3.59. The summed E-state index contributed by atoms with van der Waals surface area (Å²) in [6, 6.07) is 7.55. The van der Waals surface area contributed by atoms with Crippen LogP contribution in [-0.4, -0.2) is 35.3 Å². The van der Waals surface area contributed by atoms with E-state index >= 15 is 0 Å². The molecule has 0 atom stereocenters. The topological polar surface area (TPSA) is 79.0 Å². The predicted octanol–water partition coefficient (Wildman–Crippen LogP) is 1.82. The fourth-order valence-corrected chi connectivity index (χ4v) is 3.65. The standard InChI is InChI=1S/C14H13BrN4O2S/c1-22(20,21)18-5-4-13-11(8-18)9-19(17-13)14-3-2-12(15)6-10(14)7-16/h2-3,6,9H,4-5,8H2,1H3. The molecule has 0 aliphatic carbocycles. The van der Waals surface area contributed by atoms with Gasteiger partial charge < -0.3 is 0 Å². The molecule has 6 nitrogen and oxygen atoms in total. The van der Waals surface area contributed by atoms with E-state index in [1.165, 1.54) is 10.6 Å². The number of rotatable bonds is 2. The van der Waals surface area contributed by atoms with Gasteiger partial charge in [0.2, 0.25) is 10.0 Å². The molecule has 0 N–H and O–H groups in total. The molecule has 0 saturated carbocycles. The quantitative estimate of drug-likeness (QED) is 0.795. The van der Waals surface area contributed by atoms with E-state index in [-0.39, 0.29) is 0 Å². The monoisotopic (exact) mass is 380 g/mol. The van der Waals surface area contributed by atoms with E-state index in [1.54, 1.807) is 16.9 Å². The first kappa shape index (κ1) is 15.2. The van der Waals surface area contributed by atoms with E-state index in [0.717, 1.165) is 15.7 Å². The number of nitriles is 1. The molecule has 1 aromatic carbocycles. The van der Waals surface area contributed by atoms with Gasteiger partial charge in [-0.25, -0.2) is 13.1 Å². The molecule has 1 aromatic heterocycles. The average Bonchev–Trinajstić information content (AvgIpc) is 2.88. The largest absolute Gasteiger partial charge is 0.239 e. The third-order valence-electron chi connectivity index (χ3n) is 3.62. The molecule has 22 heavy (non-hydrogen) atoms. The number of hydrogen-bond donors (Lipinski definition) is 0. The molecule has 3 rings (SSSR count). The van der Waals surface area contributed by atoms with Gasteiger partial charge in [-0.2, -0.15) is 14.7 Å². The average molecular weight is 381 g/mol. The minimum atomic E-state index is -3.20. The van der Waals surface area contributed by atoms with Crippen LogP contribution in [0.3, 0.4) is 0 Å². The maximum absolute atomic E-state index is 11.7. The predicted molar refractivity (Wildman–Crippen MR) is 84.9 cm³/mol. The van der Waals surface area contributed by atoms with Crippen molar-refractivity contribution in [3.05, 3.63) is 45.7 Å². The van der Waals surface area contributed by atoms with Gasteiger partial charge in [-0.1, -0.05) is 15.9 Å². The van der Waals surface area contributed by atoms with Gasteiger partial charge in [-0.05, 0) is 18.2 Å². The Morgan fingerprint density at radius 1 is 1.41 bits per heavy atom. The smallest absolute Gasteiger partial charge is 0.211 e. The number of hydrogen-bond acceptors (Lipinski definition) is 4. The van der Waals surface area contributed by atoms with Crippen LogP contribution in [0.4, 0.5) is 0 Å². The van der Waals surface area contributed by atoms with Crippen LogP contribution in [0.1, 0.15) is 16.8 Å². The molecule has 0 bridgehead atoms. The summed E-state index contributed by atoms with van der Waals surface area (Å²) in [6.45, 7) is 0.765. The molecule has 0 saturated heterocycles. The Hall–Kier alpha value is -1.69. The van der Waals surface area contributed by atoms with Crippen LogP contribution < -0.4 is 0 Å². The first-order valence-electron chi connectivity index (χ1n) is 6.61. The van der Waals surface area contributed by atoms with Crippen LogP contribution in [0.15, 0.2) is 28.9 Å². The van der Waals surface area contributed by atoms with Crippen molar-refractivity contribution in [2.24, 2.45) is 0 Å². The Kier molecular flexibility index (Phi) is 3.80. The Balaban J connectivity index is 2.01. The lowest BCUT2D eigenvalue weighted by atomic mass is 10.1. The van der Waals surface area contributed by atoms with E-state index in [2.05, 4.69) is 27.1 Å². The third-order valence-corrected chi connectivity index (χ3v) is 5.36. The number of halogens is 1. The fraction of sp³-hybridized carbons (Fsp3) is 0.286. The van der Waals surface area contributed by atoms with Crippen LogP contribution in [-0.2, 0) is 23.0 Å². The van der Waals surface area contributed by atoms with Crippen molar-refractivity contribution in [2.45, 2.75) is 13.0 Å². The minimum Gasteiger partial charge on any atom is -0.239 e. The second kappa shape index (κ2) is 5.50. The van der Waals surface area contributed by atoms with Crippen LogP contribution in [0.25, 0.3) is 5.69 Å². The highest BCUT2D eigenvalue weighted by Gasteiger charge is 2.25. The first-order valence-corrected chi connectivity index (χ1v) is 9.25. The van der Waals surface area contributed by atoms with Crippen molar-refractivity contribution in [3.63, 3.8) is 0 Å². The summed E-state index contributed by atoms with van der Waals surface area (Å²) < 4.78 is 27.2. The molecule has 1 aliphatic rings. The third kappa shape index (κ3) is 2.79. The van der Waals surface area contributed by atoms with Crippen LogP contribution in [0, 0.1) is 11.3 Å². The molecular weight excluding hydrogens is 368 g/mol. The summed E-state index contributed by atoms with van der Waals surface area (Å²) in [5.74, 6) is 0. The van der Waals surface area contributed by atoms with Crippen LogP contribution >= 0.6 is 15.9 Å². The number of nitrogens with zero attached hydrogens (tertiary/aromatic N) is 4. The summed E-state index contributed by atoms with van der Waals surface area (Å²) in [4.78, 5) is 0. The molecule has 0 radical (unpaired) electrons. The van der Waals surface area contributed by atoms with Gasteiger partial charge in [0, 0.05) is 35.7 Å².